The molecular formula is C10H14O2. The van der Waals surface area contributed by atoms with Crippen molar-refractivity contribution in [2.24, 2.45) is 0 Å². The number of esters is 1. The van der Waals surface area contributed by atoms with Crippen LogP contribution in [0.5, 0.6) is 0 Å². The molecule has 0 spiro atoms. The van der Waals surface area contributed by atoms with Gasteiger partial charge in [0.15, 0.2) is 0 Å². The van der Waals surface area contributed by atoms with Crippen LogP contribution in [0.2, 0.25) is 0 Å². The molecule has 1 aliphatic rings. The summed E-state index contributed by atoms with van der Waals surface area (Å²) in [6.07, 6.45) is 9.83. The van der Waals surface area contributed by atoms with E-state index in [9.17, 15) is 4.79 Å². The summed E-state index contributed by atoms with van der Waals surface area (Å²) in [6.45, 7) is 0. The highest BCUT2D eigenvalue weighted by Gasteiger charge is 2.04. The van der Waals surface area contributed by atoms with Crippen LogP contribution >= 0.6 is 0 Å². The fraction of sp³-hybridized carbons (Fsp3) is 0.500. The van der Waals surface area contributed by atoms with Gasteiger partial charge in [-0.05, 0) is 19.3 Å². The molecule has 66 valence electrons. The quantitative estimate of drug-likeness (QED) is 0.601. The molecule has 0 radical (unpaired) electrons. The molecule has 0 heterocycles. The van der Waals surface area contributed by atoms with Gasteiger partial charge in [0.25, 0.3) is 0 Å². The molecule has 0 amide bonds. The minimum absolute atomic E-state index is 0.120. The molecule has 0 aromatic heterocycles. The molecule has 0 saturated carbocycles. The zero-order valence-electron chi connectivity index (χ0n) is 7.38. The average molecular weight is 166 g/mol. The standard InChI is InChI=1S/C10H14O2/c1-12-10(11)8-7-9-5-3-2-4-6-9/h2-3,5H,4,6-8H2,1H3. The highest BCUT2D eigenvalue weighted by atomic mass is 16.5. The normalized spacial score (nSPS) is 15.6. The number of rotatable bonds is 3. The van der Waals surface area contributed by atoms with Gasteiger partial charge in [0, 0.05) is 6.42 Å². The third kappa shape index (κ3) is 2.91. The molecule has 2 heteroatoms. The Bertz CT molecular complexity index is 214. The van der Waals surface area contributed by atoms with E-state index in [0.717, 1.165) is 19.3 Å². The van der Waals surface area contributed by atoms with E-state index >= 15 is 0 Å². The van der Waals surface area contributed by atoms with Crippen LogP contribution in [-0.4, -0.2) is 13.1 Å². The van der Waals surface area contributed by atoms with Gasteiger partial charge in [-0.15, -0.1) is 0 Å². The summed E-state index contributed by atoms with van der Waals surface area (Å²) in [5.41, 5.74) is 1.35. The third-order valence-corrected chi connectivity index (χ3v) is 1.98. The van der Waals surface area contributed by atoms with Gasteiger partial charge in [-0.25, -0.2) is 0 Å². The fourth-order valence-corrected chi connectivity index (χ4v) is 1.23. The van der Waals surface area contributed by atoms with E-state index in [2.05, 4.69) is 23.0 Å². The second-order valence-corrected chi connectivity index (χ2v) is 2.87. The first-order valence-electron chi connectivity index (χ1n) is 4.24. The molecule has 2 nitrogen and oxygen atoms in total. The van der Waals surface area contributed by atoms with Gasteiger partial charge < -0.3 is 4.74 Å². The van der Waals surface area contributed by atoms with Gasteiger partial charge in [-0.1, -0.05) is 23.8 Å². The molecule has 0 bridgehead atoms. The van der Waals surface area contributed by atoms with Crippen LogP contribution in [0.25, 0.3) is 0 Å². The summed E-state index contributed by atoms with van der Waals surface area (Å²) in [5, 5.41) is 0. The van der Waals surface area contributed by atoms with Crippen molar-refractivity contribution in [2.75, 3.05) is 7.11 Å². The molecule has 0 N–H and O–H groups in total. The van der Waals surface area contributed by atoms with E-state index in [1.807, 2.05) is 0 Å². The number of hydrogen-bond donors (Lipinski definition) is 0. The molecule has 0 aromatic carbocycles. The van der Waals surface area contributed by atoms with Crippen LogP contribution < -0.4 is 0 Å². The largest absolute Gasteiger partial charge is 0.469 e. The van der Waals surface area contributed by atoms with E-state index in [1.165, 1.54) is 12.7 Å². The third-order valence-electron chi connectivity index (χ3n) is 1.98. The smallest absolute Gasteiger partial charge is 0.305 e. The Labute approximate surface area is 72.9 Å². The average Bonchev–Trinajstić information content (AvgIpc) is 2.16. The number of allylic oxidation sites excluding steroid dienone is 4. The number of hydrogen-bond acceptors (Lipinski definition) is 2. The maximum Gasteiger partial charge on any atom is 0.305 e. The van der Waals surface area contributed by atoms with E-state index in [0.29, 0.717) is 6.42 Å². The first-order valence-corrected chi connectivity index (χ1v) is 4.24. The molecule has 0 unspecified atom stereocenters. The lowest BCUT2D eigenvalue weighted by Crippen LogP contribution is -2.00. The zero-order valence-corrected chi connectivity index (χ0v) is 7.38. The lowest BCUT2D eigenvalue weighted by Gasteiger charge is -2.07. The van der Waals surface area contributed by atoms with Crippen molar-refractivity contribution in [3.63, 3.8) is 0 Å². The predicted octanol–water partition coefficient (Wildman–Crippen LogP) is 2.22. The summed E-state index contributed by atoms with van der Waals surface area (Å²) in [6, 6.07) is 0. The highest BCUT2D eigenvalue weighted by molar-refractivity contribution is 5.69. The van der Waals surface area contributed by atoms with Crippen molar-refractivity contribution in [3.05, 3.63) is 23.8 Å². The Kier molecular flexibility index (Phi) is 3.58. The number of ether oxygens (including phenoxy) is 1. The molecule has 1 rings (SSSR count). The van der Waals surface area contributed by atoms with Crippen LogP contribution in [0.4, 0.5) is 0 Å². The lowest BCUT2D eigenvalue weighted by atomic mass is 10.0. The maximum atomic E-state index is 10.8. The van der Waals surface area contributed by atoms with Crippen LogP contribution in [-0.2, 0) is 9.53 Å². The maximum absolute atomic E-state index is 10.8. The summed E-state index contributed by atoms with van der Waals surface area (Å²) >= 11 is 0. The van der Waals surface area contributed by atoms with Gasteiger partial charge in [-0.3, -0.25) is 4.79 Å². The molecule has 0 atom stereocenters. The summed E-state index contributed by atoms with van der Waals surface area (Å²) < 4.78 is 4.56. The lowest BCUT2D eigenvalue weighted by molar-refractivity contribution is -0.140. The molecule has 1 aliphatic carbocycles. The summed E-state index contributed by atoms with van der Waals surface area (Å²) in [5.74, 6) is -0.120. The molecule has 0 fully saturated rings. The first-order chi connectivity index (χ1) is 5.83. The van der Waals surface area contributed by atoms with Gasteiger partial charge in [0.1, 0.15) is 0 Å². The Balaban J connectivity index is 2.27. The molecule has 0 saturated heterocycles. The van der Waals surface area contributed by atoms with Gasteiger partial charge in [-0.2, -0.15) is 0 Å². The number of carbonyl (C=O) groups excluding carboxylic acids is 1. The van der Waals surface area contributed by atoms with Crippen LogP contribution in [0.1, 0.15) is 25.7 Å². The van der Waals surface area contributed by atoms with Crippen molar-refractivity contribution in [3.8, 4) is 0 Å². The molecule has 12 heavy (non-hydrogen) atoms. The van der Waals surface area contributed by atoms with Crippen molar-refractivity contribution >= 4 is 5.97 Å². The fourth-order valence-electron chi connectivity index (χ4n) is 1.23. The summed E-state index contributed by atoms with van der Waals surface area (Å²) in [4.78, 5) is 10.8. The Morgan fingerprint density at radius 1 is 1.67 bits per heavy atom. The SMILES string of the molecule is COC(=O)CCC1=CC=CCC1. The Morgan fingerprint density at radius 3 is 3.08 bits per heavy atom. The van der Waals surface area contributed by atoms with Crippen molar-refractivity contribution in [1.29, 1.82) is 0 Å². The number of methoxy groups -OCH3 is 1. The monoisotopic (exact) mass is 166 g/mol. The van der Waals surface area contributed by atoms with Gasteiger partial charge in [0.05, 0.1) is 7.11 Å². The summed E-state index contributed by atoms with van der Waals surface area (Å²) in [7, 11) is 1.43. The molecule has 0 aromatic rings. The minimum Gasteiger partial charge on any atom is -0.469 e. The molecule has 0 aliphatic heterocycles. The van der Waals surface area contributed by atoms with Crippen LogP contribution in [0.3, 0.4) is 0 Å². The minimum atomic E-state index is -0.120. The Hall–Kier alpha value is -1.05. The van der Waals surface area contributed by atoms with E-state index in [-0.39, 0.29) is 5.97 Å². The second kappa shape index (κ2) is 4.75. The zero-order chi connectivity index (χ0) is 8.81. The number of carbonyl (C=O) groups is 1. The van der Waals surface area contributed by atoms with Crippen molar-refractivity contribution in [2.45, 2.75) is 25.7 Å². The van der Waals surface area contributed by atoms with Crippen LogP contribution in [0.15, 0.2) is 23.8 Å². The first kappa shape index (κ1) is 9.04. The second-order valence-electron chi connectivity index (χ2n) is 2.87. The van der Waals surface area contributed by atoms with E-state index < -0.39 is 0 Å². The predicted molar refractivity (Wildman–Crippen MR) is 47.7 cm³/mol. The van der Waals surface area contributed by atoms with Crippen molar-refractivity contribution in [1.82, 2.24) is 0 Å². The van der Waals surface area contributed by atoms with Gasteiger partial charge in [0.2, 0.25) is 0 Å². The Morgan fingerprint density at radius 2 is 2.50 bits per heavy atom. The van der Waals surface area contributed by atoms with Crippen molar-refractivity contribution < 1.29 is 9.53 Å². The topological polar surface area (TPSA) is 26.3 Å². The molecular weight excluding hydrogens is 152 g/mol. The highest BCUT2D eigenvalue weighted by Crippen LogP contribution is 2.16. The van der Waals surface area contributed by atoms with E-state index in [4.69, 9.17) is 0 Å². The van der Waals surface area contributed by atoms with E-state index in [1.54, 1.807) is 0 Å². The van der Waals surface area contributed by atoms with Gasteiger partial charge >= 0.3 is 5.97 Å². The van der Waals surface area contributed by atoms with Crippen LogP contribution in [0, 0.1) is 0 Å².